The van der Waals surface area contributed by atoms with Crippen molar-refractivity contribution >= 4 is 35.6 Å². The summed E-state index contributed by atoms with van der Waals surface area (Å²) in [6.45, 7) is 3.75. The number of benzene rings is 2. The quantitative estimate of drug-likeness (QED) is 0.231. The number of aromatic carboxylic acids is 1. The summed E-state index contributed by atoms with van der Waals surface area (Å²) in [4.78, 5) is 79.5. The van der Waals surface area contributed by atoms with Crippen LogP contribution in [0.25, 0.3) is 0 Å². The van der Waals surface area contributed by atoms with Crippen LogP contribution in [0.4, 0.5) is 0 Å². The molecule has 2 aromatic carbocycles. The van der Waals surface area contributed by atoms with E-state index in [1.54, 1.807) is 56.3 Å². The van der Waals surface area contributed by atoms with Crippen LogP contribution >= 0.6 is 0 Å². The third kappa shape index (κ3) is 8.25. The third-order valence-corrected chi connectivity index (χ3v) is 8.45. The molecule has 4 rings (SSSR count). The van der Waals surface area contributed by atoms with Crippen molar-refractivity contribution in [3.63, 3.8) is 0 Å². The van der Waals surface area contributed by atoms with Crippen LogP contribution in [0.5, 0.6) is 0 Å². The smallest absolute Gasteiger partial charge is 0.338 e. The lowest BCUT2D eigenvalue weighted by atomic mass is 9.94. The van der Waals surface area contributed by atoms with Crippen molar-refractivity contribution in [3.05, 3.63) is 71.3 Å². The van der Waals surface area contributed by atoms with Crippen LogP contribution in [0.2, 0.25) is 0 Å². The highest BCUT2D eigenvalue weighted by Crippen LogP contribution is 2.22. The van der Waals surface area contributed by atoms with Crippen LogP contribution in [0.3, 0.4) is 0 Å². The zero-order valence-electron chi connectivity index (χ0n) is 25.5. The van der Waals surface area contributed by atoms with Crippen LogP contribution in [0, 0.1) is 0 Å². The van der Waals surface area contributed by atoms with Crippen molar-refractivity contribution in [1.82, 2.24) is 20.9 Å². The number of amides is 4. The van der Waals surface area contributed by atoms with E-state index in [9.17, 15) is 33.9 Å². The van der Waals surface area contributed by atoms with Gasteiger partial charge in [0.25, 0.3) is 0 Å². The molecule has 2 heterocycles. The summed E-state index contributed by atoms with van der Waals surface area (Å²) in [7, 11) is 0. The number of nitrogens with one attached hydrogen (secondary N) is 3. The fraction of sp³-hybridized carbons (Fsp3) is 0.455. The fourth-order valence-corrected chi connectivity index (χ4v) is 5.51. The van der Waals surface area contributed by atoms with Gasteiger partial charge in [0.15, 0.2) is 0 Å². The number of hydrogen-bond donors (Lipinski definition) is 4. The lowest BCUT2D eigenvalue weighted by Crippen LogP contribution is -2.65. The van der Waals surface area contributed by atoms with Gasteiger partial charge in [-0.2, -0.15) is 0 Å². The number of carboxylic acids is 1. The number of fused-ring (bicyclic) bond motifs is 1. The lowest BCUT2D eigenvalue weighted by Gasteiger charge is -2.36. The maximum absolute atomic E-state index is 13.9. The second-order valence-corrected chi connectivity index (χ2v) is 11.7. The van der Waals surface area contributed by atoms with E-state index in [1.807, 2.05) is 0 Å². The standard InChI is InChI=1S/C33H40N4O8/c1-3-33(2)32(44)35-25(20-21-14-16-22(17-15-21)30(41)42)29(40)37-18-9-13-26(37)28(39)34-24(27(38)36-33)12-7-8-19-45-31(43)23-10-5-4-6-11-23/h4-6,10-11,14-17,24-26H,3,7-9,12-13,18-20H2,1-2H3,(H,34,39)(H,35,44)(H,36,38)(H,41,42)/t24-,25-,26+,33-/m0/s1. The Balaban J connectivity index is 1.49. The first kappa shape index (κ1) is 33.2. The van der Waals surface area contributed by atoms with E-state index in [2.05, 4.69) is 16.0 Å². The van der Waals surface area contributed by atoms with Gasteiger partial charge in [0.2, 0.25) is 23.6 Å². The van der Waals surface area contributed by atoms with Crippen LogP contribution in [-0.4, -0.2) is 82.4 Å². The van der Waals surface area contributed by atoms with Crippen LogP contribution in [-0.2, 0) is 30.3 Å². The molecule has 0 spiro atoms. The minimum Gasteiger partial charge on any atom is -0.478 e. The molecule has 2 fully saturated rings. The summed E-state index contributed by atoms with van der Waals surface area (Å²) in [6.07, 6.45) is 2.40. The van der Waals surface area contributed by atoms with Gasteiger partial charge < -0.3 is 30.7 Å². The molecule has 4 amide bonds. The largest absolute Gasteiger partial charge is 0.478 e. The van der Waals surface area contributed by atoms with Gasteiger partial charge in [0, 0.05) is 13.0 Å². The summed E-state index contributed by atoms with van der Waals surface area (Å²) >= 11 is 0. The molecule has 2 aliphatic rings. The molecule has 4 atom stereocenters. The second kappa shape index (κ2) is 14.8. The maximum Gasteiger partial charge on any atom is 0.338 e. The molecule has 0 aliphatic carbocycles. The summed E-state index contributed by atoms with van der Waals surface area (Å²) in [5.74, 6) is -3.48. The highest BCUT2D eigenvalue weighted by molar-refractivity contribution is 5.99. The van der Waals surface area contributed by atoms with Crippen molar-refractivity contribution in [2.24, 2.45) is 0 Å². The number of esters is 1. The minimum absolute atomic E-state index is 0.0700. The molecule has 0 radical (unpaired) electrons. The van der Waals surface area contributed by atoms with Crippen molar-refractivity contribution in [1.29, 1.82) is 0 Å². The van der Waals surface area contributed by atoms with Crippen molar-refractivity contribution in [2.45, 2.75) is 82.5 Å². The third-order valence-electron chi connectivity index (χ3n) is 8.45. The van der Waals surface area contributed by atoms with E-state index < -0.39 is 59.2 Å². The summed E-state index contributed by atoms with van der Waals surface area (Å²) < 4.78 is 5.33. The summed E-state index contributed by atoms with van der Waals surface area (Å²) in [6, 6.07) is 11.8. The normalized spacial score (nSPS) is 24.0. The van der Waals surface area contributed by atoms with Crippen molar-refractivity contribution in [3.8, 4) is 0 Å². The summed E-state index contributed by atoms with van der Waals surface area (Å²) in [5, 5.41) is 17.7. The van der Waals surface area contributed by atoms with Gasteiger partial charge in [-0.15, -0.1) is 0 Å². The SMILES string of the molecule is CC[C@]1(C)NC(=O)[C@H](CCCCOC(=O)c2ccccc2)NC(=O)[C@H]2CCCN2C(=O)[C@H](Cc2ccc(C(=O)O)cc2)NC1=O. The lowest BCUT2D eigenvalue weighted by molar-refractivity contribution is -0.144. The average Bonchev–Trinajstić information content (AvgIpc) is 3.53. The number of hydrogen-bond acceptors (Lipinski definition) is 7. The number of nitrogens with zero attached hydrogens (tertiary/aromatic N) is 1. The predicted molar refractivity (Wildman–Crippen MR) is 163 cm³/mol. The number of unbranched alkanes of at least 4 members (excludes halogenated alkanes) is 1. The second-order valence-electron chi connectivity index (χ2n) is 11.7. The fourth-order valence-electron chi connectivity index (χ4n) is 5.51. The monoisotopic (exact) mass is 620 g/mol. The van der Waals surface area contributed by atoms with Crippen LogP contribution in [0.1, 0.15) is 78.7 Å². The van der Waals surface area contributed by atoms with Gasteiger partial charge in [-0.05, 0) is 75.3 Å². The number of carbonyl (C=O) groups excluding carboxylic acids is 5. The van der Waals surface area contributed by atoms with Crippen LogP contribution in [0.15, 0.2) is 54.6 Å². The molecule has 240 valence electrons. The van der Waals surface area contributed by atoms with E-state index in [0.29, 0.717) is 43.4 Å². The van der Waals surface area contributed by atoms with Gasteiger partial charge in [0.1, 0.15) is 23.7 Å². The maximum atomic E-state index is 13.9. The molecule has 45 heavy (non-hydrogen) atoms. The topological polar surface area (TPSA) is 171 Å². The van der Waals surface area contributed by atoms with E-state index >= 15 is 0 Å². The first-order valence-electron chi connectivity index (χ1n) is 15.3. The van der Waals surface area contributed by atoms with Gasteiger partial charge in [-0.3, -0.25) is 19.2 Å². The molecule has 2 aliphatic heterocycles. The van der Waals surface area contributed by atoms with Gasteiger partial charge in [-0.25, -0.2) is 9.59 Å². The molecule has 0 saturated carbocycles. The first-order chi connectivity index (χ1) is 21.5. The zero-order chi connectivity index (χ0) is 32.6. The molecular weight excluding hydrogens is 580 g/mol. The molecule has 0 bridgehead atoms. The zero-order valence-corrected chi connectivity index (χ0v) is 25.5. The molecule has 0 unspecified atom stereocenters. The Hall–Kier alpha value is -4.74. The van der Waals surface area contributed by atoms with Gasteiger partial charge in [-0.1, -0.05) is 37.3 Å². The van der Waals surface area contributed by atoms with Crippen molar-refractivity contribution in [2.75, 3.05) is 13.2 Å². The van der Waals surface area contributed by atoms with E-state index in [1.165, 1.54) is 17.0 Å². The van der Waals surface area contributed by atoms with Crippen molar-refractivity contribution < 1.29 is 38.6 Å². The Morgan fingerprint density at radius 1 is 0.933 bits per heavy atom. The first-order valence-corrected chi connectivity index (χ1v) is 15.3. The Morgan fingerprint density at radius 3 is 2.31 bits per heavy atom. The minimum atomic E-state index is -1.39. The Morgan fingerprint density at radius 2 is 1.64 bits per heavy atom. The van der Waals surface area contributed by atoms with E-state index in [4.69, 9.17) is 4.74 Å². The van der Waals surface area contributed by atoms with E-state index in [0.717, 1.165) is 0 Å². The Bertz CT molecular complexity index is 1410. The molecule has 4 N–H and O–H groups in total. The highest BCUT2D eigenvalue weighted by atomic mass is 16.5. The van der Waals surface area contributed by atoms with Gasteiger partial charge in [0.05, 0.1) is 17.7 Å². The van der Waals surface area contributed by atoms with Crippen LogP contribution < -0.4 is 16.0 Å². The number of ether oxygens (including phenoxy) is 1. The van der Waals surface area contributed by atoms with Gasteiger partial charge >= 0.3 is 11.9 Å². The predicted octanol–water partition coefficient (Wildman–Crippen LogP) is 2.21. The number of rotatable bonds is 10. The highest BCUT2D eigenvalue weighted by Gasteiger charge is 2.43. The number of carbonyl (C=O) groups is 6. The molecule has 2 aromatic rings. The molecular formula is C33H40N4O8. The molecule has 0 aromatic heterocycles. The van der Waals surface area contributed by atoms with E-state index in [-0.39, 0.29) is 31.4 Å². The Kier molecular flexibility index (Phi) is 10.9. The Labute approximate surface area is 261 Å². The molecule has 2 saturated heterocycles. The molecule has 12 nitrogen and oxygen atoms in total. The average molecular weight is 621 g/mol. The number of carboxylic acid groups (broad SMARTS) is 1. The summed E-state index contributed by atoms with van der Waals surface area (Å²) in [5.41, 5.74) is -0.231. The molecule has 12 heteroatoms.